The van der Waals surface area contributed by atoms with Gasteiger partial charge in [-0.25, -0.2) is 0 Å². The quantitative estimate of drug-likeness (QED) is 0.843. The van der Waals surface area contributed by atoms with Crippen LogP contribution in [0, 0.1) is 5.92 Å². The van der Waals surface area contributed by atoms with Gasteiger partial charge in [0.15, 0.2) is 0 Å². The van der Waals surface area contributed by atoms with Crippen LogP contribution in [0.5, 0.6) is 5.75 Å². The molecule has 104 valence electrons. The first-order valence-electron chi connectivity index (χ1n) is 6.72. The van der Waals surface area contributed by atoms with Crippen LogP contribution in [0.15, 0.2) is 18.2 Å². The lowest BCUT2D eigenvalue weighted by Gasteiger charge is -2.18. The van der Waals surface area contributed by atoms with Gasteiger partial charge in [-0.2, -0.15) is 0 Å². The Labute approximate surface area is 119 Å². The van der Waals surface area contributed by atoms with Crippen LogP contribution in [0.3, 0.4) is 0 Å². The molecule has 1 heterocycles. The largest absolute Gasteiger partial charge is 0.493 e. The third kappa shape index (κ3) is 3.63. The van der Waals surface area contributed by atoms with E-state index < -0.39 is 0 Å². The van der Waals surface area contributed by atoms with Crippen LogP contribution in [-0.4, -0.2) is 24.4 Å². The molecule has 1 atom stereocenters. The molecule has 1 aromatic carbocycles. The molecule has 19 heavy (non-hydrogen) atoms. The average Bonchev–Trinajstić information content (AvgIpc) is 2.84. The minimum atomic E-state index is -0.0546. The molecule has 1 N–H and O–H groups in total. The van der Waals surface area contributed by atoms with E-state index in [0.717, 1.165) is 24.2 Å². The second kappa shape index (κ2) is 6.29. The molecule has 0 aromatic heterocycles. The lowest BCUT2D eigenvalue weighted by Crippen LogP contribution is -2.37. The number of amides is 1. The Morgan fingerprint density at radius 3 is 2.95 bits per heavy atom. The van der Waals surface area contributed by atoms with E-state index >= 15 is 0 Å². The van der Waals surface area contributed by atoms with Gasteiger partial charge in [-0.1, -0.05) is 13.8 Å². The number of alkyl halides is 1. The summed E-state index contributed by atoms with van der Waals surface area (Å²) in [5.41, 5.74) is 1.79. The number of rotatable bonds is 5. The highest BCUT2D eigenvalue weighted by atomic mass is 35.5. The Kier molecular flexibility index (Phi) is 4.70. The van der Waals surface area contributed by atoms with E-state index in [9.17, 15) is 4.79 Å². The van der Waals surface area contributed by atoms with E-state index in [4.69, 9.17) is 16.3 Å². The number of hydrogen-bond donors (Lipinski definition) is 1. The lowest BCUT2D eigenvalue weighted by atomic mass is 10.0. The van der Waals surface area contributed by atoms with E-state index in [0.29, 0.717) is 24.0 Å². The molecule has 1 amide bonds. The minimum Gasteiger partial charge on any atom is -0.493 e. The maximum Gasteiger partial charge on any atom is 0.251 e. The lowest BCUT2D eigenvalue weighted by molar-refractivity contribution is 0.0936. The smallest absolute Gasteiger partial charge is 0.251 e. The maximum atomic E-state index is 12.2. The summed E-state index contributed by atoms with van der Waals surface area (Å²) < 4.78 is 5.44. The molecule has 0 saturated carbocycles. The van der Waals surface area contributed by atoms with Gasteiger partial charge in [-0.15, -0.1) is 11.6 Å². The van der Waals surface area contributed by atoms with Crippen LogP contribution < -0.4 is 10.1 Å². The highest BCUT2D eigenvalue weighted by Gasteiger charge is 2.17. The first-order chi connectivity index (χ1) is 9.10. The van der Waals surface area contributed by atoms with Crippen LogP contribution in [0.1, 0.15) is 36.2 Å². The van der Waals surface area contributed by atoms with E-state index in [1.54, 1.807) is 6.07 Å². The molecule has 0 bridgehead atoms. The van der Waals surface area contributed by atoms with Crippen LogP contribution >= 0.6 is 11.6 Å². The van der Waals surface area contributed by atoms with Crippen molar-refractivity contribution in [3.05, 3.63) is 29.3 Å². The molecule has 1 aliphatic rings. The van der Waals surface area contributed by atoms with Crippen molar-refractivity contribution in [3.8, 4) is 5.75 Å². The second-order valence-electron chi connectivity index (χ2n) is 5.38. The van der Waals surface area contributed by atoms with Gasteiger partial charge in [0.1, 0.15) is 5.75 Å². The summed E-state index contributed by atoms with van der Waals surface area (Å²) in [6.45, 7) is 4.95. The van der Waals surface area contributed by atoms with Crippen LogP contribution in [0.25, 0.3) is 0 Å². The average molecular weight is 282 g/mol. The summed E-state index contributed by atoms with van der Waals surface area (Å²) in [6.07, 6.45) is 1.77. The number of nitrogens with one attached hydrogen (secondary N) is 1. The van der Waals surface area contributed by atoms with E-state index in [1.165, 1.54) is 0 Å². The zero-order valence-electron chi connectivity index (χ0n) is 11.4. The Bertz CT molecular complexity index is 459. The van der Waals surface area contributed by atoms with Crippen LogP contribution in [-0.2, 0) is 6.42 Å². The molecular weight excluding hydrogens is 262 g/mol. The van der Waals surface area contributed by atoms with Gasteiger partial charge in [0.05, 0.1) is 6.61 Å². The molecule has 0 saturated heterocycles. The summed E-state index contributed by atoms with van der Waals surface area (Å²) in [4.78, 5) is 12.2. The molecule has 1 unspecified atom stereocenters. The Balaban J connectivity index is 2.03. The molecule has 1 aliphatic heterocycles. The summed E-state index contributed by atoms with van der Waals surface area (Å²) in [5, 5.41) is 2.99. The predicted octanol–water partition coefficient (Wildman–Crippen LogP) is 3.00. The van der Waals surface area contributed by atoms with Gasteiger partial charge in [-0.05, 0) is 36.1 Å². The molecule has 2 rings (SSSR count). The molecule has 4 heteroatoms. The first kappa shape index (κ1) is 14.2. The SMILES string of the molecule is CC(C)CC(CCl)NC(=O)c1ccc2c(c1)CCO2. The Hall–Kier alpha value is -1.22. The van der Waals surface area contributed by atoms with E-state index in [1.807, 2.05) is 12.1 Å². The summed E-state index contributed by atoms with van der Waals surface area (Å²) >= 11 is 5.90. The number of fused-ring (bicyclic) bond motifs is 1. The fourth-order valence-electron chi connectivity index (χ4n) is 2.33. The van der Waals surface area contributed by atoms with Crippen molar-refractivity contribution in [2.75, 3.05) is 12.5 Å². The van der Waals surface area contributed by atoms with Gasteiger partial charge in [0, 0.05) is 23.9 Å². The van der Waals surface area contributed by atoms with Crippen molar-refractivity contribution < 1.29 is 9.53 Å². The minimum absolute atomic E-state index is 0.0265. The predicted molar refractivity (Wildman–Crippen MR) is 77.1 cm³/mol. The van der Waals surface area contributed by atoms with Gasteiger partial charge in [0.2, 0.25) is 0 Å². The van der Waals surface area contributed by atoms with Crippen molar-refractivity contribution >= 4 is 17.5 Å². The number of carbonyl (C=O) groups excluding carboxylic acids is 1. The van der Waals surface area contributed by atoms with E-state index in [2.05, 4.69) is 19.2 Å². The molecule has 3 nitrogen and oxygen atoms in total. The zero-order chi connectivity index (χ0) is 13.8. The zero-order valence-corrected chi connectivity index (χ0v) is 12.2. The number of hydrogen-bond acceptors (Lipinski definition) is 2. The maximum absolute atomic E-state index is 12.2. The molecule has 0 radical (unpaired) electrons. The van der Waals surface area contributed by atoms with Gasteiger partial charge in [-0.3, -0.25) is 4.79 Å². The van der Waals surface area contributed by atoms with Crippen LogP contribution in [0.4, 0.5) is 0 Å². The van der Waals surface area contributed by atoms with Crippen molar-refractivity contribution in [1.82, 2.24) is 5.32 Å². The third-order valence-corrected chi connectivity index (χ3v) is 3.60. The molecule has 0 fully saturated rings. The summed E-state index contributed by atoms with van der Waals surface area (Å²) in [5.74, 6) is 1.80. The molecule has 0 spiro atoms. The number of benzene rings is 1. The summed E-state index contributed by atoms with van der Waals surface area (Å²) in [7, 11) is 0. The standard InChI is InChI=1S/C15H20ClNO2/c1-10(2)7-13(9-16)17-15(18)12-3-4-14-11(8-12)5-6-19-14/h3-4,8,10,13H,5-7,9H2,1-2H3,(H,17,18). The number of halogens is 1. The molecule has 1 aromatic rings. The fourth-order valence-corrected chi connectivity index (χ4v) is 2.53. The van der Waals surface area contributed by atoms with E-state index in [-0.39, 0.29) is 11.9 Å². The van der Waals surface area contributed by atoms with Gasteiger partial charge < -0.3 is 10.1 Å². The number of carbonyl (C=O) groups is 1. The highest BCUT2D eigenvalue weighted by molar-refractivity contribution is 6.18. The van der Waals surface area contributed by atoms with Crippen molar-refractivity contribution in [2.24, 2.45) is 5.92 Å². The summed E-state index contributed by atoms with van der Waals surface area (Å²) in [6, 6.07) is 5.62. The Morgan fingerprint density at radius 2 is 2.26 bits per heavy atom. The van der Waals surface area contributed by atoms with Gasteiger partial charge in [0.25, 0.3) is 5.91 Å². The Morgan fingerprint density at radius 1 is 1.47 bits per heavy atom. The highest BCUT2D eigenvalue weighted by Crippen LogP contribution is 2.25. The first-order valence-corrected chi connectivity index (χ1v) is 7.26. The van der Waals surface area contributed by atoms with Crippen molar-refractivity contribution in [1.29, 1.82) is 0 Å². The van der Waals surface area contributed by atoms with Crippen LogP contribution in [0.2, 0.25) is 0 Å². The normalized spacial score (nSPS) is 14.9. The molecule has 0 aliphatic carbocycles. The van der Waals surface area contributed by atoms with Crippen molar-refractivity contribution in [3.63, 3.8) is 0 Å². The topological polar surface area (TPSA) is 38.3 Å². The molecular formula is C15H20ClNO2. The fraction of sp³-hybridized carbons (Fsp3) is 0.533. The third-order valence-electron chi connectivity index (χ3n) is 3.23. The number of ether oxygens (including phenoxy) is 1. The monoisotopic (exact) mass is 281 g/mol. The van der Waals surface area contributed by atoms with Crippen molar-refractivity contribution in [2.45, 2.75) is 32.7 Å². The second-order valence-corrected chi connectivity index (χ2v) is 5.68. The van der Waals surface area contributed by atoms with Gasteiger partial charge >= 0.3 is 0 Å².